The van der Waals surface area contributed by atoms with Crippen molar-refractivity contribution >= 4 is 5.91 Å². The van der Waals surface area contributed by atoms with Crippen molar-refractivity contribution in [3.05, 3.63) is 36.5 Å². The molecule has 3 N–H and O–H groups in total. The zero-order valence-electron chi connectivity index (χ0n) is 25.9. The highest BCUT2D eigenvalue weighted by Crippen LogP contribution is 2.12. The second-order valence-electron chi connectivity index (χ2n) is 11.2. The number of nitrogens with one attached hydrogen (secondary N) is 1. The quantitative estimate of drug-likeness (QED) is 0.0645. The summed E-state index contributed by atoms with van der Waals surface area (Å²) in [5.74, 6) is -0.0835. The number of aliphatic hydroxyl groups is 2. The summed E-state index contributed by atoms with van der Waals surface area (Å²) in [6.07, 6.45) is 39.4. The Labute approximate surface area is 242 Å². The second kappa shape index (κ2) is 31.1. The molecular weight excluding hydrogens is 482 g/mol. The molecule has 0 aliphatic heterocycles. The number of amides is 1. The summed E-state index contributed by atoms with van der Waals surface area (Å²) in [7, 11) is 0. The minimum Gasteiger partial charge on any atom is -0.394 e. The van der Waals surface area contributed by atoms with Crippen LogP contribution in [0.3, 0.4) is 0 Å². The van der Waals surface area contributed by atoms with Gasteiger partial charge < -0.3 is 15.5 Å². The summed E-state index contributed by atoms with van der Waals surface area (Å²) < 4.78 is 0. The van der Waals surface area contributed by atoms with Crippen molar-refractivity contribution < 1.29 is 15.0 Å². The Morgan fingerprint density at radius 2 is 1.00 bits per heavy atom. The van der Waals surface area contributed by atoms with Crippen LogP contribution >= 0.6 is 0 Å². The van der Waals surface area contributed by atoms with Gasteiger partial charge in [-0.3, -0.25) is 4.79 Å². The van der Waals surface area contributed by atoms with Gasteiger partial charge in [0.2, 0.25) is 5.91 Å². The number of allylic oxidation sites excluding steroid dienone is 5. The van der Waals surface area contributed by atoms with Crippen molar-refractivity contribution in [2.24, 2.45) is 0 Å². The van der Waals surface area contributed by atoms with Crippen LogP contribution in [0.5, 0.6) is 0 Å². The number of hydrogen-bond acceptors (Lipinski definition) is 3. The van der Waals surface area contributed by atoms with Gasteiger partial charge in [0.25, 0.3) is 0 Å². The molecule has 0 saturated heterocycles. The summed E-state index contributed by atoms with van der Waals surface area (Å²) in [4.78, 5) is 12.2. The van der Waals surface area contributed by atoms with Crippen LogP contribution in [0.1, 0.15) is 162 Å². The average molecular weight is 548 g/mol. The van der Waals surface area contributed by atoms with E-state index in [9.17, 15) is 15.0 Å². The van der Waals surface area contributed by atoms with Gasteiger partial charge in [-0.15, -0.1) is 0 Å². The van der Waals surface area contributed by atoms with E-state index in [2.05, 4.69) is 43.5 Å². The monoisotopic (exact) mass is 547 g/mol. The van der Waals surface area contributed by atoms with E-state index in [4.69, 9.17) is 0 Å². The first-order valence-corrected chi connectivity index (χ1v) is 16.7. The maximum absolute atomic E-state index is 12.2. The van der Waals surface area contributed by atoms with E-state index in [1.54, 1.807) is 6.08 Å². The molecule has 228 valence electrons. The Hall–Kier alpha value is -1.39. The Balaban J connectivity index is 3.64. The van der Waals surface area contributed by atoms with Gasteiger partial charge in [0.1, 0.15) is 0 Å². The molecule has 2 atom stereocenters. The van der Waals surface area contributed by atoms with Gasteiger partial charge >= 0.3 is 0 Å². The molecule has 0 aliphatic rings. The first kappa shape index (κ1) is 37.6. The van der Waals surface area contributed by atoms with Crippen molar-refractivity contribution in [2.45, 2.75) is 174 Å². The van der Waals surface area contributed by atoms with E-state index in [0.29, 0.717) is 6.42 Å². The fraction of sp³-hybridized carbons (Fsp3) is 0.800. The van der Waals surface area contributed by atoms with Crippen LogP contribution in [0.2, 0.25) is 0 Å². The molecule has 1 amide bonds. The molecule has 39 heavy (non-hydrogen) atoms. The van der Waals surface area contributed by atoms with Crippen molar-refractivity contribution in [1.29, 1.82) is 0 Å². The molecular formula is C35H65NO3. The van der Waals surface area contributed by atoms with E-state index in [-0.39, 0.29) is 12.5 Å². The van der Waals surface area contributed by atoms with Crippen molar-refractivity contribution in [3.8, 4) is 0 Å². The molecule has 0 bridgehead atoms. The summed E-state index contributed by atoms with van der Waals surface area (Å²) in [5, 5.41) is 22.7. The van der Waals surface area contributed by atoms with Crippen LogP contribution in [-0.2, 0) is 4.79 Å². The lowest BCUT2D eigenvalue weighted by Gasteiger charge is -2.19. The van der Waals surface area contributed by atoms with Gasteiger partial charge in [0.15, 0.2) is 0 Å². The smallest absolute Gasteiger partial charge is 0.220 e. The van der Waals surface area contributed by atoms with Crippen LogP contribution in [0.25, 0.3) is 0 Å². The van der Waals surface area contributed by atoms with Crippen LogP contribution in [0.4, 0.5) is 0 Å². The van der Waals surface area contributed by atoms with Gasteiger partial charge in [0, 0.05) is 6.42 Å². The van der Waals surface area contributed by atoms with Crippen molar-refractivity contribution in [1.82, 2.24) is 5.32 Å². The predicted octanol–water partition coefficient (Wildman–Crippen LogP) is 9.51. The molecule has 0 fully saturated rings. The molecule has 2 unspecified atom stereocenters. The standard InChI is InChI=1S/C35H65NO3/c1-3-5-7-9-11-13-14-15-16-17-18-19-20-21-23-25-27-29-31-35(39)36-33(32-37)34(38)30-28-26-24-22-12-10-8-6-4-2/h12,16-17,22,28,30,33-34,37-38H,3-11,13-15,18-21,23-27,29,31-32H2,1-2H3,(H,36,39)/b17-16-,22-12+,30-28+. The lowest BCUT2D eigenvalue weighted by Crippen LogP contribution is -2.45. The SMILES string of the molecule is CCCCC/C=C/CC/C=C/C(O)C(CO)NC(=O)CCCCCCCCC/C=C\CCCCCCCCC. The topological polar surface area (TPSA) is 69.6 Å². The Bertz CT molecular complexity index is 599. The van der Waals surface area contributed by atoms with Crippen molar-refractivity contribution in [2.75, 3.05) is 6.61 Å². The fourth-order valence-electron chi connectivity index (χ4n) is 4.71. The highest BCUT2D eigenvalue weighted by molar-refractivity contribution is 5.76. The zero-order chi connectivity index (χ0) is 28.7. The molecule has 0 rings (SSSR count). The number of aliphatic hydroxyl groups excluding tert-OH is 2. The number of carbonyl (C=O) groups is 1. The van der Waals surface area contributed by atoms with E-state index in [1.807, 2.05) is 6.08 Å². The van der Waals surface area contributed by atoms with E-state index >= 15 is 0 Å². The second-order valence-corrected chi connectivity index (χ2v) is 11.2. The van der Waals surface area contributed by atoms with E-state index < -0.39 is 12.1 Å². The maximum Gasteiger partial charge on any atom is 0.220 e. The molecule has 0 spiro atoms. The molecule has 0 aliphatic carbocycles. The molecule has 0 saturated carbocycles. The zero-order valence-corrected chi connectivity index (χ0v) is 25.9. The number of rotatable bonds is 29. The van der Waals surface area contributed by atoms with Gasteiger partial charge in [-0.2, -0.15) is 0 Å². The molecule has 4 nitrogen and oxygen atoms in total. The molecule has 0 radical (unpaired) electrons. The summed E-state index contributed by atoms with van der Waals surface area (Å²) >= 11 is 0. The van der Waals surface area contributed by atoms with E-state index in [0.717, 1.165) is 32.1 Å². The fourth-order valence-corrected chi connectivity index (χ4v) is 4.71. The Morgan fingerprint density at radius 3 is 1.54 bits per heavy atom. The Kier molecular flexibility index (Phi) is 30.0. The summed E-state index contributed by atoms with van der Waals surface area (Å²) in [6.45, 7) is 4.22. The molecule has 0 heterocycles. The van der Waals surface area contributed by atoms with E-state index in [1.165, 1.54) is 109 Å². The minimum absolute atomic E-state index is 0.0835. The third-order valence-corrected chi connectivity index (χ3v) is 7.35. The van der Waals surface area contributed by atoms with Crippen LogP contribution in [0, 0.1) is 0 Å². The van der Waals surface area contributed by atoms with Gasteiger partial charge in [-0.25, -0.2) is 0 Å². The first-order valence-electron chi connectivity index (χ1n) is 16.7. The predicted molar refractivity (Wildman–Crippen MR) is 170 cm³/mol. The number of hydrogen-bond donors (Lipinski definition) is 3. The third kappa shape index (κ3) is 28.0. The Morgan fingerprint density at radius 1 is 0.590 bits per heavy atom. The number of unbranched alkanes of at least 4 members (excludes halogenated alkanes) is 18. The first-order chi connectivity index (χ1) is 19.2. The normalized spacial score (nSPS) is 13.6. The highest BCUT2D eigenvalue weighted by atomic mass is 16.3. The summed E-state index contributed by atoms with van der Waals surface area (Å²) in [6, 6.07) is -0.636. The van der Waals surface area contributed by atoms with Crippen LogP contribution < -0.4 is 5.32 Å². The van der Waals surface area contributed by atoms with Gasteiger partial charge in [0.05, 0.1) is 18.8 Å². The van der Waals surface area contributed by atoms with Crippen molar-refractivity contribution in [3.63, 3.8) is 0 Å². The minimum atomic E-state index is -0.859. The largest absolute Gasteiger partial charge is 0.394 e. The lowest BCUT2D eigenvalue weighted by atomic mass is 10.1. The highest BCUT2D eigenvalue weighted by Gasteiger charge is 2.17. The maximum atomic E-state index is 12.2. The van der Waals surface area contributed by atoms with Gasteiger partial charge in [-0.05, 0) is 57.8 Å². The average Bonchev–Trinajstić information content (AvgIpc) is 2.94. The van der Waals surface area contributed by atoms with Crippen LogP contribution in [-0.4, -0.2) is 34.9 Å². The number of carbonyl (C=O) groups excluding carboxylic acids is 1. The molecule has 0 aromatic carbocycles. The molecule has 0 aromatic rings. The lowest BCUT2D eigenvalue weighted by molar-refractivity contribution is -0.123. The summed E-state index contributed by atoms with van der Waals surface area (Å²) in [5.41, 5.74) is 0. The molecule has 0 aromatic heterocycles. The van der Waals surface area contributed by atoms with Crippen LogP contribution in [0.15, 0.2) is 36.5 Å². The third-order valence-electron chi connectivity index (χ3n) is 7.35. The molecule has 4 heteroatoms. The van der Waals surface area contributed by atoms with Gasteiger partial charge in [-0.1, -0.05) is 134 Å².